The van der Waals surface area contributed by atoms with Crippen LogP contribution in [0.4, 0.5) is 5.69 Å². The molecule has 4 aliphatic rings. The van der Waals surface area contributed by atoms with Crippen LogP contribution < -0.4 is 16.0 Å². The number of fused-ring (bicyclic) bond motifs is 1. The number of amides is 4. The molecule has 4 amide bonds. The van der Waals surface area contributed by atoms with Gasteiger partial charge in [-0.15, -0.1) is 0 Å². The molecular weight excluding hydrogens is 400 g/mol. The molecule has 3 N–H and O–H groups in total. The number of imide groups is 2. The lowest BCUT2D eigenvalue weighted by molar-refractivity contribution is -0.136. The number of piperidine rings is 2. The molecule has 2 unspecified atom stereocenters. The molecule has 0 radical (unpaired) electrons. The maximum absolute atomic E-state index is 13.0. The minimum absolute atomic E-state index is 0.107. The normalized spacial score (nSPS) is 28.2. The van der Waals surface area contributed by atoms with Gasteiger partial charge in [0.2, 0.25) is 11.8 Å². The number of nitrogens with two attached hydrogens (primary N) is 1. The van der Waals surface area contributed by atoms with Gasteiger partial charge >= 0.3 is 0 Å². The third kappa shape index (κ3) is 3.41. The van der Waals surface area contributed by atoms with E-state index in [2.05, 4.69) is 10.2 Å². The Morgan fingerprint density at radius 2 is 1.77 bits per heavy atom. The molecule has 4 aliphatic heterocycles. The van der Waals surface area contributed by atoms with E-state index in [1.165, 1.54) is 0 Å². The highest BCUT2D eigenvalue weighted by Gasteiger charge is 2.45. The van der Waals surface area contributed by atoms with Crippen molar-refractivity contribution in [2.45, 2.75) is 56.2 Å². The number of nitrogens with one attached hydrogen (secondary N) is 1. The fourth-order valence-electron chi connectivity index (χ4n) is 5.24. The third-order valence-corrected chi connectivity index (χ3v) is 6.99. The summed E-state index contributed by atoms with van der Waals surface area (Å²) in [5.74, 6) is -1.95. The second kappa shape index (κ2) is 7.42. The predicted molar refractivity (Wildman–Crippen MR) is 110 cm³/mol. The Hall–Kier alpha value is -2.78. The lowest BCUT2D eigenvalue weighted by atomic mass is 9.82. The van der Waals surface area contributed by atoms with Gasteiger partial charge in [0.05, 0.1) is 16.7 Å². The first kappa shape index (κ1) is 20.1. The van der Waals surface area contributed by atoms with Gasteiger partial charge in [0.25, 0.3) is 11.8 Å². The van der Waals surface area contributed by atoms with Gasteiger partial charge in [-0.05, 0) is 50.3 Å². The molecule has 3 saturated heterocycles. The monoisotopic (exact) mass is 426 g/mol. The fraction of sp³-hybridized carbons (Fsp3) is 0.545. The Kier molecular flexibility index (Phi) is 4.82. The molecule has 0 aromatic heterocycles. The number of rotatable bonds is 2. The largest absolute Gasteiger partial charge is 0.375 e. The van der Waals surface area contributed by atoms with Crippen molar-refractivity contribution in [2.24, 2.45) is 5.73 Å². The molecule has 0 saturated carbocycles. The zero-order chi connectivity index (χ0) is 21.8. The summed E-state index contributed by atoms with van der Waals surface area (Å²) >= 11 is 0. The second-order valence-corrected chi connectivity index (χ2v) is 8.95. The van der Waals surface area contributed by atoms with E-state index in [-0.39, 0.29) is 30.4 Å². The second-order valence-electron chi connectivity index (χ2n) is 8.95. The average Bonchev–Trinajstić information content (AvgIpc) is 2.99. The molecule has 5 rings (SSSR count). The van der Waals surface area contributed by atoms with E-state index in [9.17, 15) is 19.2 Å². The number of hydrogen-bond acceptors (Lipinski definition) is 7. The molecule has 2 atom stereocenters. The molecule has 4 heterocycles. The summed E-state index contributed by atoms with van der Waals surface area (Å²) in [6, 6.07) is 4.49. The number of benzene rings is 1. The number of carbonyl (C=O) groups is 4. The van der Waals surface area contributed by atoms with E-state index in [1.54, 1.807) is 12.1 Å². The maximum Gasteiger partial charge on any atom is 0.262 e. The van der Waals surface area contributed by atoms with Gasteiger partial charge in [-0.2, -0.15) is 0 Å². The molecule has 1 spiro atoms. The Labute approximate surface area is 179 Å². The molecule has 3 fully saturated rings. The molecule has 0 aliphatic carbocycles. The molecule has 9 nitrogen and oxygen atoms in total. The molecule has 1 aromatic rings. The van der Waals surface area contributed by atoms with Gasteiger partial charge in [0, 0.05) is 37.8 Å². The summed E-state index contributed by atoms with van der Waals surface area (Å²) in [5.41, 5.74) is 7.48. The van der Waals surface area contributed by atoms with E-state index in [0.717, 1.165) is 49.4 Å². The highest BCUT2D eigenvalue weighted by Crippen LogP contribution is 2.37. The first-order chi connectivity index (χ1) is 14.9. The summed E-state index contributed by atoms with van der Waals surface area (Å²) in [5, 5.41) is 2.22. The predicted octanol–water partition coefficient (Wildman–Crippen LogP) is 0.564. The van der Waals surface area contributed by atoms with E-state index < -0.39 is 23.8 Å². The highest BCUT2D eigenvalue weighted by atomic mass is 16.5. The SMILES string of the molecule is NC1CCOC2(CCN(c3ccc4c(c3)C(=O)N(C3CCC(=O)NC3=O)C4=O)CC2)C1. The van der Waals surface area contributed by atoms with Crippen molar-refractivity contribution in [3.05, 3.63) is 29.3 Å². The van der Waals surface area contributed by atoms with E-state index in [0.29, 0.717) is 17.7 Å². The van der Waals surface area contributed by atoms with Crippen LogP contribution in [-0.2, 0) is 14.3 Å². The Morgan fingerprint density at radius 1 is 1.03 bits per heavy atom. The van der Waals surface area contributed by atoms with Gasteiger partial charge in [-0.3, -0.25) is 29.4 Å². The van der Waals surface area contributed by atoms with Gasteiger partial charge < -0.3 is 15.4 Å². The van der Waals surface area contributed by atoms with Gasteiger partial charge in [-0.1, -0.05) is 0 Å². The molecule has 9 heteroatoms. The van der Waals surface area contributed by atoms with Crippen molar-refractivity contribution in [2.75, 3.05) is 24.6 Å². The lowest BCUT2D eigenvalue weighted by Gasteiger charge is -2.46. The quantitative estimate of drug-likeness (QED) is 0.663. The summed E-state index contributed by atoms with van der Waals surface area (Å²) in [6.07, 6.45) is 3.77. The lowest BCUT2D eigenvalue weighted by Crippen LogP contribution is -2.54. The van der Waals surface area contributed by atoms with Crippen molar-refractivity contribution in [1.82, 2.24) is 10.2 Å². The van der Waals surface area contributed by atoms with Crippen LogP contribution in [0.1, 0.15) is 59.2 Å². The Balaban J connectivity index is 1.33. The third-order valence-electron chi connectivity index (χ3n) is 6.99. The minimum atomic E-state index is -0.948. The van der Waals surface area contributed by atoms with Crippen molar-refractivity contribution >= 4 is 29.3 Å². The number of ether oxygens (including phenoxy) is 1. The average molecular weight is 426 g/mol. The van der Waals surface area contributed by atoms with Crippen molar-refractivity contribution in [3.63, 3.8) is 0 Å². The maximum atomic E-state index is 13.0. The molecule has 1 aromatic carbocycles. The number of hydrogen-bond donors (Lipinski definition) is 2. The van der Waals surface area contributed by atoms with Crippen LogP contribution in [0.3, 0.4) is 0 Å². The van der Waals surface area contributed by atoms with Crippen LogP contribution in [0.15, 0.2) is 18.2 Å². The fourth-order valence-corrected chi connectivity index (χ4v) is 5.24. The summed E-state index contributed by atoms with van der Waals surface area (Å²) in [7, 11) is 0. The number of nitrogens with zero attached hydrogens (tertiary/aromatic N) is 2. The van der Waals surface area contributed by atoms with Crippen LogP contribution in [0, 0.1) is 0 Å². The minimum Gasteiger partial charge on any atom is -0.375 e. The standard InChI is InChI=1S/C22H26N4O5/c23-13-5-10-31-22(12-13)6-8-25(9-7-22)14-1-2-15-16(11-14)21(30)26(20(15)29)17-3-4-18(27)24-19(17)28/h1-2,11,13,17H,3-10,12,23H2,(H,24,27,28). The van der Waals surface area contributed by atoms with Crippen molar-refractivity contribution in [1.29, 1.82) is 0 Å². The van der Waals surface area contributed by atoms with Crippen molar-refractivity contribution in [3.8, 4) is 0 Å². The van der Waals surface area contributed by atoms with Crippen molar-refractivity contribution < 1.29 is 23.9 Å². The molecule has 0 bridgehead atoms. The van der Waals surface area contributed by atoms with Crippen LogP contribution in [0.5, 0.6) is 0 Å². The Bertz CT molecular complexity index is 969. The van der Waals surface area contributed by atoms with Crippen LogP contribution in [0.2, 0.25) is 0 Å². The van der Waals surface area contributed by atoms with Gasteiger partial charge in [0.1, 0.15) is 6.04 Å². The van der Waals surface area contributed by atoms with Gasteiger partial charge in [-0.25, -0.2) is 0 Å². The van der Waals surface area contributed by atoms with E-state index in [4.69, 9.17) is 10.5 Å². The van der Waals surface area contributed by atoms with Gasteiger partial charge in [0.15, 0.2) is 0 Å². The molecule has 31 heavy (non-hydrogen) atoms. The first-order valence-electron chi connectivity index (χ1n) is 10.9. The summed E-state index contributed by atoms with van der Waals surface area (Å²) in [4.78, 5) is 52.7. The van der Waals surface area contributed by atoms with E-state index >= 15 is 0 Å². The smallest absolute Gasteiger partial charge is 0.262 e. The van der Waals surface area contributed by atoms with E-state index in [1.807, 2.05) is 6.07 Å². The molecular formula is C22H26N4O5. The molecule has 164 valence electrons. The first-order valence-corrected chi connectivity index (χ1v) is 10.9. The van der Waals surface area contributed by atoms with Crippen LogP contribution >= 0.6 is 0 Å². The summed E-state index contributed by atoms with van der Waals surface area (Å²) in [6.45, 7) is 2.27. The van der Waals surface area contributed by atoms with Crippen LogP contribution in [-0.4, -0.2) is 65.9 Å². The zero-order valence-electron chi connectivity index (χ0n) is 17.3. The number of anilines is 1. The number of carbonyl (C=O) groups excluding carboxylic acids is 4. The highest BCUT2D eigenvalue weighted by molar-refractivity contribution is 6.23. The summed E-state index contributed by atoms with van der Waals surface area (Å²) < 4.78 is 6.09. The zero-order valence-corrected chi connectivity index (χ0v) is 17.3. The topological polar surface area (TPSA) is 122 Å². The van der Waals surface area contributed by atoms with Crippen LogP contribution in [0.25, 0.3) is 0 Å². The Morgan fingerprint density at radius 3 is 2.48 bits per heavy atom.